The van der Waals surface area contributed by atoms with E-state index in [1.165, 1.54) is 0 Å². The summed E-state index contributed by atoms with van der Waals surface area (Å²) in [6, 6.07) is 11.5. The van der Waals surface area contributed by atoms with E-state index >= 15 is 0 Å². The van der Waals surface area contributed by atoms with Crippen molar-refractivity contribution in [2.24, 2.45) is 0 Å². The molecule has 1 aliphatic heterocycles. The largest absolute Gasteiger partial charge is 0.378 e. The second-order valence-corrected chi connectivity index (χ2v) is 7.55. The number of nitrogens with zero attached hydrogens (tertiary/aromatic N) is 4. The number of benzene rings is 1. The summed E-state index contributed by atoms with van der Waals surface area (Å²) in [6.45, 7) is 4.89. The highest BCUT2D eigenvalue weighted by Gasteiger charge is 2.19. The van der Waals surface area contributed by atoms with Crippen molar-refractivity contribution in [3.63, 3.8) is 0 Å². The Labute approximate surface area is 185 Å². The Morgan fingerprint density at radius 3 is 2.50 bits per heavy atom. The van der Waals surface area contributed by atoms with Crippen LogP contribution in [0.1, 0.15) is 5.56 Å². The molecule has 0 radical (unpaired) electrons. The quantitative estimate of drug-likeness (QED) is 0.463. The number of morpholine rings is 1. The van der Waals surface area contributed by atoms with Gasteiger partial charge in [-0.2, -0.15) is 0 Å². The lowest BCUT2D eigenvalue weighted by atomic mass is 10.2. The fourth-order valence-electron chi connectivity index (χ4n) is 3.12. The lowest BCUT2D eigenvalue weighted by Gasteiger charge is -2.29. The van der Waals surface area contributed by atoms with Gasteiger partial charge < -0.3 is 20.3 Å². The average molecular weight is 441 g/mol. The maximum Gasteiger partial charge on any atom is 0.175 e. The van der Waals surface area contributed by atoms with Crippen LogP contribution < -0.4 is 15.5 Å². The van der Waals surface area contributed by atoms with Crippen LogP contribution in [0.2, 0.25) is 5.15 Å². The van der Waals surface area contributed by atoms with Gasteiger partial charge in [-0.3, -0.25) is 4.98 Å². The van der Waals surface area contributed by atoms with Crippen molar-refractivity contribution in [1.29, 1.82) is 0 Å². The number of hydrogen-bond donors (Lipinski definition) is 2. The van der Waals surface area contributed by atoms with Crippen molar-refractivity contribution in [3.05, 3.63) is 59.5 Å². The van der Waals surface area contributed by atoms with Crippen LogP contribution in [0.4, 0.5) is 17.2 Å². The minimum Gasteiger partial charge on any atom is -0.378 e. The molecule has 154 valence electrons. The third-order valence-corrected chi connectivity index (χ3v) is 5.26. The fourth-order valence-corrected chi connectivity index (χ4v) is 3.52. The number of aromatic nitrogens is 3. The van der Waals surface area contributed by atoms with Gasteiger partial charge in [-0.25, -0.2) is 9.97 Å². The summed E-state index contributed by atoms with van der Waals surface area (Å²) in [7, 11) is 0. The summed E-state index contributed by atoms with van der Waals surface area (Å²) in [5.41, 5.74) is 3.44. The molecule has 1 aliphatic rings. The third-order valence-electron chi connectivity index (χ3n) is 4.69. The first-order valence-electron chi connectivity index (χ1n) is 9.55. The van der Waals surface area contributed by atoms with Gasteiger partial charge in [0.15, 0.2) is 10.9 Å². The van der Waals surface area contributed by atoms with Gasteiger partial charge in [0.1, 0.15) is 11.0 Å². The summed E-state index contributed by atoms with van der Waals surface area (Å²) < 4.78 is 5.44. The Kier molecular flexibility index (Phi) is 6.37. The first-order chi connectivity index (χ1) is 14.6. The zero-order chi connectivity index (χ0) is 20.9. The summed E-state index contributed by atoms with van der Waals surface area (Å²) in [5, 5.41) is 7.20. The second-order valence-electron chi connectivity index (χ2n) is 6.78. The van der Waals surface area contributed by atoms with E-state index in [-0.39, 0.29) is 0 Å². The summed E-state index contributed by atoms with van der Waals surface area (Å²) in [4.78, 5) is 15.5. The SMILES string of the molecule is Cc1c(Cl)nc(-c2ccc(NC(=S)Nc3cccnc3)cc2)nc1N1CCOCC1. The molecule has 0 saturated carbocycles. The van der Waals surface area contributed by atoms with Crippen LogP contribution in [0.5, 0.6) is 0 Å². The van der Waals surface area contributed by atoms with Crippen LogP contribution in [-0.4, -0.2) is 46.4 Å². The van der Waals surface area contributed by atoms with Gasteiger partial charge in [-0.15, -0.1) is 0 Å². The first kappa shape index (κ1) is 20.5. The molecule has 0 atom stereocenters. The van der Waals surface area contributed by atoms with Crippen LogP contribution in [0.25, 0.3) is 11.4 Å². The van der Waals surface area contributed by atoms with E-state index in [4.69, 9.17) is 33.5 Å². The molecule has 0 bridgehead atoms. The van der Waals surface area contributed by atoms with Gasteiger partial charge in [-0.05, 0) is 55.5 Å². The molecule has 30 heavy (non-hydrogen) atoms. The molecule has 1 fully saturated rings. The molecule has 1 saturated heterocycles. The smallest absolute Gasteiger partial charge is 0.175 e. The number of ether oxygens (including phenoxy) is 1. The van der Waals surface area contributed by atoms with Gasteiger partial charge in [0.2, 0.25) is 0 Å². The number of anilines is 3. The van der Waals surface area contributed by atoms with Crippen LogP contribution >= 0.6 is 23.8 Å². The molecular formula is C21H21ClN6OS. The van der Waals surface area contributed by atoms with Crippen molar-refractivity contribution in [1.82, 2.24) is 15.0 Å². The van der Waals surface area contributed by atoms with Crippen molar-refractivity contribution < 1.29 is 4.74 Å². The van der Waals surface area contributed by atoms with Crippen molar-refractivity contribution in [2.45, 2.75) is 6.92 Å². The molecule has 0 aliphatic carbocycles. The predicted octanol–water partition coefficient (Wildman–Crippen LogP) is 4.15. The Hall–Kier alpha value is -2.81. The number of pyridine rings is 1. The highest BCUT2D eigenvalue weighted by molar-refractivity contribution is 7.80. The number of hydrogen-bond acceptors (Lipinski definition) is 6. The molecule has 2 aromatic heterocycles. The second kappa shape index (κ2) is 9.34. The zero-order valence-electron chi connectivity index (χ0n) is 16.4. The molecule has 7 nitrogen and oxygen atoms in total. The molecule has 1 aromatic carbocycles. The average Bonchev–Trinajstić information content (AvgIpc) is 2.77. The lowest BCUT2D eigenvalue weighted by molar-refractivity contribution is 0.122. The first-order valence-corrected chi connectivity index (χ1v) is 10.3. The van der Waals surface area contributed by atoms with Crippen molar-refractivity contribution in [3.8, 4) is 11.4 Å². The third kappa shape index (κ3) is 4.84. The summed E-state index contributed by atoms with van der Waals surface area (Å²) in [6.07, 6.45) is 3.42. The lowest BCUT2D eigenvalue weighted by Crippen LogP contribution is -2.37. The highest BCUT2D eigenvalue weighted by Crippen LogP contribution is 2.28. The number of thiocarbonyl (C=S) groups is 1. The van der Waals surface area contributed by atoms with Crippen molar-refractivity contribution >= 4 is 46.1 Å². The Morgan fingerprint density at radius 1 is 1.07 bits per heavy atom. The predicted molar refractivity (Wildman–Crippen MR) is 124 cm³/mol. The molecular weight excluding hydrogens is 420 g/mol. The minimum absolute atomic E-state index is 0.463. The van der Waals surface area contributed by atoms with Gasteiger partial charge in [0, 0.05) is 36.1 Å². The minimum atomic E-state index is 0.463. The molecule has 9 heteroatoms. The van der Waals surface area contributed by atoms with Crippen LogP contribution in [-0.2, 0) is 4.74 Å². The molecule has 3 heterocycles. The van der Waals surface area contributed by atoms with E-state index in [1.807, 2.05) is 43.3 Å². The standard InChI is InChI=1S/C21H21ClN6OS/c1-14-18(22)26-19(27-20(14)28-9-11-29-12-10-28)15-4-6-16(7-5-15)24-21(30)25-17-3-2-8-23-13-17/h2-8,13H,9-12H2,1H3,(H2,24,25,30). The van der Waals surface area contributed by atoms with E-state index < -0.39 is 0 Å². The Balaban J connectivity index is 1.49. The van der Waals surface area contributed by atoms with Gasteiger partial charge in [-0.1, -0.05) is 11.6 Å². The van der Waals surface area contributed by atoms with Gasteiger partial charge >= 0.3 is 0 Å². The van der Waals surface area contributed by atoms with E-state index in [1.54, 1.807) is 12.4 Å². The molecule has 0 unspecified atom stereocenters. The molecule has 3 aromatic rings. The fraction of sp³-hybridized carbons (Fsp3) is 0.238. The van der Waals surface area contributed by atoms with E-state index in [2.05, 4.69) is 25.5 Å². The number of nitrogens with one attached hydrogen (secondary N) is 2. The maximum atomic E-state index is 6.41. The Bertz CT molecular complexity index is 1030. The van der Waals surface area contributed by atoms with Crippen LogP contribution in [0, 0.1) is 6.92 Å². The molecule has 4 rings (SSSR count). The van der Waals surface area contributed by atoms with E-state index in [0.29, 0.717) is 29.3 Å². The van der Waals surface area contributed by atoms with Crippen molar-refractivity contribution in [2.75, 3.05) is 41.8 Å². The Morgan fingerprint density at radius 2 is 1.80 bits per heavy atom. The number of rotatable bonds is 4. The van der Waals surface area contributed by atoms with Crippen LogP contribution in [0.15, 0.2) is 48.8 Å². The normalized spacial score (nSPS) is 13.7. The molecule has 2 N–H and O–H groups in total. The molecule has 0 amide bonds. The summed E-state index contributed by atoms with van der Waals surface area (Å²) >= 11 is 11.8. The van der Waals surface area contributed by atoms with Crippen LogP contribution in [0.3, 0.4) is 0 Å². The summed E-state index contributed by atoms with van der Waals surface area (Å²) in [5.74, 6) is 1.45. The topological polar surface area (TPSA) is 75.2 Å². The zero-order valence-corrected chi connectivity index (χ0v) is 18.0. The monoisotopic (exact) mass is 440 g/mol. The maximum absolute atomic E-state index is 6.41. The number of halogens is 1. The highest BCUT2D eigenvalue weighted by atomic mass is 35.5. The van der Waals surface area contributed by atoms with E-state index in [0.717, 1.165) is 41.4 Å². The van der Waals surface area contributed by atoms with Gasteiger partial charge in [0.25, 0.3) is 0 Å². The van der Waals surface area contributed by atoms with E-state index in [9.17, 15) is 0 Å². The van der Waals surface area contributed by atoms with Gasteiger partial charge in [0.05, 0.1) is 25.1 Å². The molecule has 0 spiro atoms.